The van der Waals surface area contributed by atoms with E-state index in [1.165, 1.54) is 6.92 Å². The van der Waals surface area contributed by atoms with Gasteiger partial charge in [0.15, 0.2) is 0 Å². The van der Waals surface area contributed by atoms with Crippen molar-refractivity contribution in [3.8, 4) is 0 Å². The fourth-order valence-corrected chi connectivity index (χ4v) is 5.25. The Morgan fingerprint density at radius 2 is 1.32 bits per heavy atom. The Hall–Kier alpha value is -2.84. The van der Waals surface area contributed by atoms with E-state index in [1.54, 1.807) is 0 Å². The summed E-state index contributed by atoms with van der Waals surface area (Å²) in [6.07, 6.45) is -9.35. The third-order valence-corrected chi connectivity index (χ3v) is 7.09. The standard InChI is InChI=1S/C29H29F6NO/c1-20(22-13-24(28(30,31)32)15-25(14-22)29(33,34)35)37-19-27(23-11-7-4-8-12-23)17-26(2,18-27)36-16-21-9-5-3-6-10-21/h3-15,20,36H,16-19H2,1-2H3/t20-,26?,27?/m1/s1. The van der Waals surface area contributed by atoms with Gasteiger partial charge in [0, 0.05) is 17.5 Å². The SMILES string of the molecule is C[C@@H](OCC1(c2ccccc2)CC(C)(NCc2ccccc2)C1)c1cc(C(F)(F)F)cc(C(F)(F)F)c1. The Bertz CT molecular complexity index is 1150. The van der Waals surface area contributed by atoms with Crippen LogP contribution in [-0.2, 0) is 29.0 Å². The highest BCUT2D eigenvalue weighted by Gasteiger charge is 2.53. The van der Waals surface area contributed by atoms with Crippen molar-refractivity contribution in [1.29, 1.82) is 0 Å². The number of hydrogen-bond donors (Lipinski definition) is 1. The summed E-state index contributed by atoms with van der Waals surface area (Å²) < 4.78 is 86.0. The number of alkyl halides is 6. The van der Waals surface area contributed by atoms with E-state index < -0.39 is 35.0 Å². The molecule has 0 heterocycles. The first-order valence-corrected chi connectivity index (χ1v) is 12.1. The van der Waals surface area contributed by atoms with Crippen LogP contribution in [0.25, 0.3) is 0 Å². The quantitative estimate of drug-likeness (QED) is 0.303. The van der Waals surface area contributed by atoms with Crippen molar-refractivity contribution in [1.82, 2.24) is 5.32 Å². The van der Waals surface area contributed by atoms with Crippen LogP contribution in [-0.4, -0.2) is 12.1 Å². The summed E-state index contributed by atoms with van der Waals surface area (Å²) in [5, 5.41) is 3.60. The minimum Gasteiger partial charge on any atom is -0.373 e. The maximum absolute atomic E-state index is 13.3. The van der Waals surface area contributed by atoms with Crippen LogP contribution >= 0.6 is 0 Å². The first-order chi connectivity index (χ1) is 17.3. The molecule has 0 aromatic heterocycles. The Labute approximate surface area is 212 Å². The Kier molecular flexibility index (Phi) is 7.45. The first-order valence-electron chi connectivity index (χ1n) is 12.1. The van der Waals surface area contributed by atoms with Crippen LogP contribution in [0, 0.1) is 0 Å². The van der Waals surface area contributed by atoms with Crippen molar-refractivity contribution in [3.63, 3.8) is 0 Å². The molecule has 2 nitrogen and oxygen atoms in total. The van der Waals surface area contributed by atoms with Gasteiger partial charge in [-0.05, 0) is 61.6 Å². The zero-order valence-corrected chi connectivity index (χ0v) is 20.6. The van der Waals surface area contributed by atoms with Gasteiger partial charge in [-0.3, -0.25) is 0 Å². The highest BCUT2D eigenvalue weighted by Crippen LogP contribution is 2.51. The van der Waals surface area contributed by atoms with Crippen LogP contribution in [0.15, 0.2) is 78.9 Å². The molecule has 3 aromatic carbocycles. The number of nitrogens with one attached hydrogen (secondary N) is 1. The molecule has 3 aromatic rings. The number of ether oxygens (including phenoxy) is 1. The highest BCUT2D eigenvalue weighted by atomic mass is 19.4. The smallest absolute Gasteiger partial charge is 0.373 e. The fraction of sp³-hybridized carbons (Fsp3) is 0.379. The normalized spacial score (nSPS) is 22.9. The summed E-state index contributed by atoms with van der Waals surface area (Å²) in [5.41, 5.74) is -1.27. The number of hydrogen-bond acceptors (Lipinski definition) is 2. The van der Waals surface area contributed by atoms with Gasteiger partial charge in [0.2, 0.25) is 0 Å². The van der Waals surface area contributed by atoms with Crippen LogP contribution in [0.3, 0.4) is 0 Å². The summed E-state index contributed by atoms with van der Waals surface area (Å²) in [6, 6.07) is 21.3. The van der Waals surface area contributed by atoms with Gasteiger partial charge in [-0.25, -0.2) is 0 Å². The van der Waals surface area contributed by atoms with E-state index in [1.807, 2.05) is 60.7 Å². The van der Waals surface area contributed by atoms with Gasteiger partial charge < -0.3 is 10.1 Å². The van der Waals surface area contributed by atoms with Crippen molar-refractivity contribution >= 4 is 0 Å². The third kappa shape index (κ3) is 6.36. The van der Waals surface area contributed by atoms with E-state index in [4.69, 9.17) is 4.74 Å². The van der Waals surface area contributed by atoms with E-state index in [9.17, 15) is 26.3 Å². The number of rotatable bonds is 8. The summed E-state index contributed by atoms with van der Waals surface area (Å²) in [4.78, 5) is 0. The lowest BCUT2D eigenvalue weighted by molar-refractivity contribution is -0.143. The Morgan fingerprint density at radius 1 is 0.811 bits per heavy atom. The van der Waals surface area contributed by atoms with E-state index in [-0.39, 0.29) is 23.8 Å². The molecule has 0 saturated heterocycles. The van der Waals surface area contributed by atoms with E-state index in [0.717, 1.165) is 23.3 Å². The van der Waals surface area contributed by atoms with Crippen molar-refractivity contribution < 1.29 is 31.1 Å². The molecule has 0 bridgehead atoms. The van der Waals surface area contributed by atoms with Gasteiger partial charge in [0.05, 0.1) is 23.8 Å². The predicted octanol–water partition coefficient (Wildman–Crippen LogP) is 8.08. The fourth-order valence-electron chi connectivity index (χ4n) is 5.25. The van der Waals surface area contributed by atoms with Gasteiger partial charge in [-0.15, -0.1) is 0 Å². The predicted molar refractivity (Wildman–Crippen MR) is 130 cm³/mol. The molecule has 0 radical (unpaired) electrons. The minimum absolute atomic E-state index is 0.136. The summed E-state index contributed by atoms with van der Waals surface area (Å²) in [5.74, 6) is 0. The molecule has 0 aliphatic heterocycles. The van der Waals surface area contributed by atoms with Gasteiger partial charge in [-0.1, -0.05) is 60.7 Å². The molecule has 1 fully saturated rings. The summed E-state index contributed by atoms with van der Waals surface area (Å²) in [7, 11) is 0. The monoisotopic (exact) mass is 521 g/mol. The second-order valence-corrected chi connectivity index (χ2v) is 10.2. The molecule has 37 heavy (non-hydrogen) atoms. The van der Waals surface area contributed by atoms with Gasteiger partial charge >= 0.3 is 12.4 Å². The molecule has 0 unspecified atom stereocenters. The van der Waals surface area contributed by atoms with Crippen molar-refractivity contribution in [3.05, 3.63) is 107 Å². The van der Waals surface area contributed by atoms with Crippen molar-refractivity contribution in [2.75, 3.05) is 6.61 Å². The molecule has 198 valence electrons. The molecule has 0 amide bonds. The molecule has 1 saturated carbocycles. The molecule has 4 rings (SSSR count). The van der Waals surface area contributed by atoms with Crippen LogP contribution in [0.5, 0.6) is 0 Å². The minimum atomic E-state index is -4.90. The molecule has 8 heteroatoms. The second kappa shape index (κ2) is 10.1. The van der Waals surface area contributed by atoms with Crippen LogP contribution in [0.4, 0.5) is 26.3 Å². The lowest BCUT2D eigenvalue weighted by atomic mass is 9.55. The van der Waals surface area contributed by atoms with E-state index in [0.29, 0.717) is 19.4 Å². The molecule has 1 N–H and O–H groups in total. The van der Waals surface area contributed by atoms with Crippen molar-refractivity contribution in [2.45, 2.75) is 62.6 Å². The molecule has 1 aliphatic rings. The van der Waals surface area contributed by atoms with E-state index in [2.05, 4.69) is 12.2 Å². The van der Waals surface area contributed by atoms with Crippen LogP contribution in [0.2, 0.25) is 0 Å². The molecular formula is C29H29F6NO. The maximum Gasteiger partial charge on any atom is 0.416 e. The third-order valence-electron chi connectivity index (χ3n) is 7.09. The lowest BCUT2D eigenvalue weighted by Gasteiger charge is -2.56. The maximum atomic E-state index is 13.3. The summed E-state index contributed by atoms with van der Waals surface area (Å²) in [6.45, 7) is 4.45. The van der Waals surface area contributed by atoms with Crippen molar-refractivity contribution in [2.24, 2.45) is 0 Å². The van der Waals surface area contributed by atoms with Gasteiger partial charge in [0.1, 0.15) is 0 Å². The zero-order chi connectivity index (χ0) is 26.9. The lowest BCUT2D eigenvalue weighted by Crippen LogP contribution is -2.62. The average molecular weight is 522 g/mol. The molecule has 1 aliphatic carbocycles. The molecule has 1 atom stereocenters. The largest absolute Gasteiger partial charge is 0.416 e. The molecule has 0 spiro atoms. The zero-order valence-electron chi connectivity index (χ0n) is 20.6. The van der Waals surface area contributed by atoms with Crippen LogP contribution in [0.1, 0.15) is 60.6 Å². The van der Waals surface area contributed by atoms with Gasteiger partial charge in [-0.2, -0.15) is 26.3 Å². The van der Waals surface area contributed by atoms with Crippen LogP contribution < -0.4 is 5.32 Å². The van der Waals surface area contributed by atoms with Gasteiger partial charge in [0.25, 0.3) is 0 Å². The summed E-state index contributed by atoms with van der Waals surface area (Å²) >= 11 is 0. The highest BCUT2D eigenvalue weighted by molar-refractivity contribution is 5.35. The first kappa shape index (κ1) is 27.2. The topological polar surface area (TPSA) is 21.3 Å². The number of benzene rings is 3. The Morgan fingerprint density at radius 3 is 1.84 bits per heavy atom. The molecular weight excluding hydrogens is 492 g/mol. The van der Waals surface area contributed by atoms with E-state index >= 15 is 0 Å². The second-order valence-electron chi connectivity index (χ2n) is 10.2. The number of halogens is 6. The Balaban J connectivity index is 1.52. The average Bonchev–Trinajstić information content (AvgIpc) is 2.84.